The van der Waals surface area contributed by atoms with Crippen LogP contribution < -0.4 is 15.5 Å². The van der Waals surface area contributed by atoms with Crippen molar-refractivity contribution in [2.75, 3.05) is 18.4 Å². The highest BCUT2D eigenvalue weighted by Crippen LogP contribution is 2.38. The molecule has 1 aliphatic rings. The van der Waals surface area contributed by atoms with Gasteiger partial charge in [-0.25, -0.2) is 0 Å². The van der Waals surface area contributed by atoms with E-state index < -0.39 is 24.1 Å². The van der Waals surface area contributed by atoms with Crippen molar-refractivity contribution in [1.82, 2.24) is 10.3 Å². The first kappa shape index (κ1) is 26.0. The van der Waals surface area contributed by atoms with E-state index in [0.717, 1.165) is 19.1 Å². The minimum absolute atomic E-state index is 0.117. The number of alkyl halides is 3. The molecule has 2 amide bonds. The van der Waals surface area contributed by atoms with Crippen molar-refractivity contribution >= 4 is 41.5 Å². The molecule has 0 aromatic heterocycles. The van der Waals surface area contributed by atoms with Gasteiger partial charge in [0.15, 0.2) is 0 Å². The molecule has 186 valence electrons. The summed E-state index contributed by atoms with van der Waals surface area (Å²) in [5.74, 6) is -1.10. The van der Waals surface area contributed by atoms with E-state index in [4.69, 9.17) is 17.0 Å². The topological polar surface area (TPSA) is 107 Å². The molecular weight excluding hydrogens is 487 g/mol. The first-order valence-corrected chi connectivity index (χ1v) is 11.1. The number of carbonyl (C=O) groups excluding carboxylic acids is 2. The smallest absolute Gasteiger partial charge is 0.405 e. The summed E-state index contributed by atoms with van der Waals surface area (Å²) in [5.41, 5.74) is 3.32. The zero-order valence-electron chi connectivity index (χ0n) is 18.4. The number of hydrogen-bond donors (Lipinski definition) is 3. The van der Waals surface area contributed by atoms with Crippen molar-refractivity contribution in [2.24, 2.45) is 5.10 Å². The van der Waals surface area contributed by atoms with Crippen LogP contribution in [0.15, 0.2) is 47.6 Å². The van der Waals surface area contributed by atoms with Crippen molar-refractivity contribution in [3.05, 3.63) is 47.5 Å². The molecule has 0 spiro atoms. The van der Waals surface area contributed by atoms with E-state index in [2.05, 4.69) is 20.6 Å². The molecule has 1 fully saturated rings. The molecule has 0 aliphatic carbocycles. The lowest BCUT2D eigenvalue weighted by Gasteiger charge is -2.34. The third-order valence-electron chi connectivity index (χ3n) is 5.24. The summed E-state index contributed by atoms with van der Waals surface area (Å²) >= 11 is 6.35. The third-order valence-corrected chi connectivity index (χ3v) is 5.55. The van der Waals surface area contributed by atoms with E-state index in [9.17, 15) is 22.8 Å². The van der Waals surface area contributed by atoms with Crippen LogP contribution in [0, 0.1) is 5.41 Å². The van der Waals surface area contributed by atoms with Crippen LogP contribution in [-0.2, 0) is 9.59 Å². The Hall–Kier alpha value is -3.60. The van der Waals surface area contributed by atoms with Gasteiger partial charge in [-0.3, -0.25) is 9.59 Å². The molecule has 2 aromatic rings. The van der Waals surface area contributed by atoms with Gasteiger partial charge < -0.3 is 25.8 Å². The van der Waals surface area contributed by atoms with Crippen LogP contribution in [0.4, 0.5) is 18.9 Å². The fourth-order valence-corrected chi connectivity index (χ4v) is 4.03. The molecule has 0 unspecified atom stereocenters. The first-order chi connectivity index (χ1) is 16.7. The van der Waals surface area contributed by atoms with Gasteiger partial charge in [-0.15, -0.1) is 13.2 Å². The molecule has 8 nitrogen and oxygen atoms in total. The van der Waals surface area contributed by atoms with Gasteiger partial charge in [0.05, 0.1) is 11.2 Å². The molecular formula is C23H23ClF3N5O3. The average molecular weight is 510 g/mol. The molecule has 2 aromatic carbocycles. The number of carbonyl (C=O) groups is 2. The van der Waals surface area contributed by atoms with Gasteiger partial charge in [0.1, 0.15) is 18.3 Å². The number of anilines is 1. The first-order valence-electron chi connectivity index (χ1n) is 10.7. The van der Waals surface area contributed by atoms with Gasteiger partial charge in [0.2, 0.25) is 11.8 Å². The van der Waals surface area contributed by atoms with Crippen molar-refractivity contribution in [1.29, 1.82) is 5.41 Å². The fourth-order valence-electron chi connectivity index (χ4n) is 3.75. The van der Waals surface area contributed by atoms with Crippen LogP contribution >= 0.6 is 11.6 Å². The van der Waals surface area contributed by atoms with Crippen LogP contribution in [0.3, 0.4) is 0 Å². The summed E-state index contributed by atoms with van der Waals surface area (Å²) < 4.78 is 42.4. The van der Waals surface area contributed by atoms with E-state index in [-0.39, 0.29) is 23.0 Å². The molecule has 3 N–H and O–H groups in total. The largest absolute Gasteiger partial charge is 0.573 e. The maximum absolute atomic E-state index is 13.0. The van der Waals surface area contributed by atoms with Crippen LogP contribution in [0.2, 0.25) is 5.02 Å². The maximum atomic E-state index is 13.0. The molecule has 1 atom stereocenters. The zero-order chi connectivity index (χ0) is 25.4. The van der Waals surface area contributed by atoms with Gasteiger partial charge >= 0.3 is 6.36 Å². The average Bonchev–Trinajstić information content (AvgIpc) is 2.81. The number of rotatable bonds is 8. The molecule has 1 aliphatic heterocycles. The van der Waals surface area contributed by atoms with E-state index in [1.54, 1.807) is 6.07 Å². The minimum Gasteiger partial charge on any atom is -0.405 e. The standard InChI is InChI=1S/C23H23ClF3N5O3/c24-18-13-15(8-9-16(18)17-5-1-2-7-20(17)35-23(25,26)27)31-22(34)19-6-3-4-12-32(19)21(33)14-30-29-11-10-28/h1-2,5,7-11,13,19,28,30H,3-4,6,12,14H2,(H,31,34)/b28-10?,29-11-/t19-/m1/s1. The number of nitrogens with zero attached hydrogens (tertiary/aromatic N) is 2. The van der Waals surface area contributed by atoms with E-state index in [1.165, 1.54) is 47.5 Å². The Labute approximate surface area is 204 Å². The summed E-state index contributed by atoms with van der Waals surface area (Å²) in [6.07, 6.45) is -0.686. The number of hydrazone groups is 1. The second-order valence-electron chi connectivity index (χ2n) is 7.61. The Bertz CT molecular complexity index is 1110. The van der Waals surface area contributed by atoms with Gasteiger partial charge in [-0.2, -0.15) is 5.10 Å². The van der Waals surface area contributed by atoms with E-state index in [1.807, 2.05) is 0 Å². The molecule has 12 heteroatoms. The lowest BCUT2D eigenvalue weighted by atomic mass is 10.0. The van der Waals surface area contributed by atoms with Gasteiger partial charge in [0, 0.05) is 29.6 Å². The normalized spacial score (nSPS) is 16.1. The van der Waals surface area contributed by atoms with Gasteiger partial charge in [-0.1, -0.05) is 35.9 Å². The van der Waals surface area contributed by atoms with Crippen LogP contribution in [0.25, 0.3) is 11.1 Å². The van der Waals surface area contributed by atoms with Gasteiger partial charge in [0.25, 0.3) is 0 Å². The van der Waals surface area contributed by atoms with E-state index in [0.29, 0.717) is 24.2 Å². The molecule has 1 heterocycles. The molecule has 35 heavy (non-hydrogen) atoms. The highest BCUT2D eigenvalue weighted by Gasteiger charge is 2.33. The number of ether oxygens (including phenoxy) is 1. The third kappa shape index (κ3) is 7.19. The summed E-state index contributed by atoms with van der Waals surface area (Å²) in [4.78, 5) is 27.0. The second kappa shape index (κ2) is 11.7. The van der Waals surface area contributed by atoms with Crippen LogP contribution in [-0.4, -0.2) is 54.6 Å². The highest BCUT2D eigenvalue weighted by atomic mass is 35.5. The number of nitrogens with one attached hydrogen (secondary N) is 3. The predicted octanol–water partition coefficient (Wildman–Crippen LogP) is 4.45. The molecule has 3 rings (SSSR count). The molecule has 1 saturated heterocycles. The molecule has 0 radical (unpaired) electrons. The Morgan fingerprint density at radius 2 is 1.97 bits per heavy atom. The number of amides is 2. The Kier molecular flexibility index (Phi) is 8.69. The minimum atomic E-state index is -4.86. The Morgan fingerprint density at radius 1 is 1.20 bits per heavy atom. The number of piperidine rings is 1. The maximum Gasteiger partial charge on any atom is 0.573 e. The van der Waals surface area contributed by atoms with Crippen molar-refractivity contribution in [2.45, 2.75) is 31.7 Å². The quantitative estimate of drug-likeness (QED) is 0.361. The van der Waals surface area contributed by atoms with Crippen molar-refractivity contribution in [3.63, 3.8) is 0 Å². The predicted molar refractivity (Wildman–Crippen MR) is 127 cm³/mol. The monoisotopic (exact) mass is 509 g/mol. The molecule has 0 bridgehead atoms. The number of hydrogen-bond acceptors (Lipinski definition) is 6. The number of likely N-dealkylation sites (tertiary alicyclic amines) is 1. The summed E-state index contributed by atoms with van der Waals surface area (Å²) in [7, 11) is 0. The summed E-state index contributed by atoms with van der Waals surface area (Å²) in [5, 5.41) is 13.4. The van der Waals surface area contributed by atoms with Gasteiger partial charge in [-0.05, 0) is 37.5 Å². The van der Waals surface area contributed by atoms with Crippen LogP contribution in [0.5, 0.6) is 5.75 Å². The van der Waals surface area contributed by atoms with Crippen LogP contribution in [0.1, 0.15) is 19.3 Å². The van der Waals surface area contributed by atoms with E-state index >= 15 is 0 Å². The SMILES string of the molecule is N=C/C=N\NCC(=O)N1CCCC[C@@H]1C(=O)Nc1ccc(-c2ccccc2OC(F)(F)F)c(Cl)c1. The molecule has 0 saturated carbocycles. The van der Waals surface area contributed by atoms with Crippen molar-refractivity contribution < 1.29 is 27.5 Å². The lowest BCUT2D eigenvalue weighted by molar-refractivity contribution is -0.274. The highest BCUT2D eigenvalue weighted by molar-refractivity contribution is 6.33. The van der Waals surface area contributed by atoms with Crippen molar-refractivity contribution in [3.8, 4) is 16.9 Å². The lowest BCUT2D eigenvalue weighted by Crippen LogP contribution is -2.52. The Balaban J connectivity index is 1.73. The Morgan fingerprint density at radius 3 is 2.69 bits per heavy atom. The number of para-hydroxylation sites is 1. The summed E-state index contributed by atoms with van der Waals surface area (Å²) in [6.45, 7) is 0.302. The number of benzene rings is 2. The zero-order valence-corrected chi connectivity index (χ0v) is 19.2. The second-order valence-corrected chi connectivity index (χ2v) is 8.01. The fraction of sp³-hybridized carbons (Fsp3) is 0.304. The summed E-state index contributed by atoms with van der Waals surface area (Å²) in [6, 6.07) is 9.37. The number of halogens is 4.